The predicted molar refractivity (Wildman–Crippen MR) is 87.0 cm³/mol. The summed E-state index contributed by atoms with van der Waals surface area (Å²) in [7, 11) is 0. The van der Waals surface area contributed by atoms with Crippen molar-refractivity contribution < 1.29 is 0 Å². The monoisotopic (exact) mass is 275 g/mol. The maximum Gasteiger partial charge on any atom is 0.0739 e. The Kier molecular flexibility index (Phi) is 3.40. The number of aryl methyl sites for hydroxylation is 1. The molecule has 0 unspecified atom stereocenters. The molecule has 3 aromatic heterocycles. The number of pyridine rings is 2. The molecule has 3 heteroatoms. The fourth-order valence-corrected chi connectivity index (χ4v) is 2.57. The molecule has 3 rings (SSSR count). The maximum absolute atomic E-state index is 4.38. The number of fused-ring (bicyclic) bond motifs is 1. The van der Waals surface area contributed by atoms with Gasteiger partial charge in [0.15, 0.2) is 0 Å². The summed E-state index contributed by atoms with van der Waals surface area (Å²) < 4.78 is 1.86. The predicted octanol–water partition coefficient (Wildman–Crippen LogP) is 4.13. The summed E-state index contributed by atoms with van der Waals surface area (Å²) in [5, 5.41) is 4.32. The average molecular weight is 275 g/mol. The van der Waals surface area contributed by atoms with Crippen LogP contribution >= 0.6 is 0 Å². The Hall–Kier alpha value is -2.68. The summed E-state index contributed by atoms with van der Waals surface area (Å²) >= 11 is 0. The number of allylic oxidation sites excluding steroid dienone is 1. The van der Waals surface area contributed by atoms with Gasteiger partial charge in [0.05, 0.1) is 11.7 Å². The molecule has 0 amide bonds. The lowest BCUT2D eigenvalue weighted by Gasteiger charge is -2.10. The topological polar surface area (TPSA) is 30.2 Å². The normalized spacial score (nSPS) is 11.8. The summed E-state index contributed by atoms with van der Waals surface area (Å²) in [6.07, 6.45) is 9.59. The molecular formula is C18H17N3. The van der Waals surface area contributed by atoms with E-state index in [0.29, 0.717) is 0 Å². The van der Waals surface area contributed by atoms with Crippen molar-refractivity contribution in [3.05, 3.63) is 77.9 Å². The van der Waals surface area contributed by atoms with Gasteiger partial charge in [0.25, 0.3) is 0 Å². The van der Waals surface area contributed by atoms with Crippen molar-refractivity contribution in [1.29, 1.82) is 0 Å². The zero-order valence-corrected chi connectivity index (χ0v) is 12.2. The molecular weight excluding hydrogens is 258 g/mol. The molecule has 0 saturated heterocycles. The summed E-state index contributed by atoms with van der Waals surface area (Å²) in [5.74, 6) is 0. The van der Waals surface area contributed by atoms with Gasteiger partial charge in [-0.1, -0.05) is 24.8 Å². The summed E-state index contributed by atoms with van der Waals surface area (Å²) in [6, 6.07) is 8.30. The molecule has 3 aromatic rings. The van der Waals surface area contributed by atoms with Gasteiger partial charge in [-0.3, -0.25) is 4.98 Å². The van der Waals surface area contributed by atoms with Gasteiger partial charge in [0.1, 0.15) is 0 Å². The number of aromatic nitrogens is 3. The van der Waals surface area contributed by atoms with E-state index in [-0.39, 0.29) is 0 Å². The van der Waals surface area contributed by atoms with Crippen LogP contribution in [0.15, 0.2) is 55.5 Å². The van der Waals surface area contributed by atoms with Crippen LogP contribution in [-0.4, -0.2) is 14.6 Å². The van der Waals surface area contributed by atoms with E-state index in [1.165, 1.54) is 5.57 Å². The second-order valence-corrected chi connectivity index (χ2v) is 4.89. The van der Waals surface area contributed by atoms with Crippen LogP contribution in [0.5, 0.6) is 0 Å². The van der Waals surface area contributed by atoms with E-state index in [1.54, 1.807) is 0 Å². The fourth-order valence-electron chi connectivity index (χ4n) is 2.57. The third-order valence-electron chi connectivity index (χ3n) is 3.67. The van der Waals surface area contributed by atoms with Crippen LogP contribution in [0.25, 0.3) is 17.2 Å². The first kappa shape index (κ1) is 13.3. The van der Waals surface area contributed by atoms with Crippen molar-refractivity contribution in [2.45, 2.75) is 13.8 Å². The molecule has 0 spiro atoms. The van der Waals surface area contributed by atoms with E-state index in [0.717, 1.165) is 27.9 Å². The Balaban J connectivity index is 2.18. The van der Waals surface area contributed by atoms with Crippen molar-refractivity contribution in [3.8, 4) is 0 Å². The zero-order valence-electron chi connectivity index (χ0n) is 12.2. The first-order valence-corrected chi connectivity index (χ1v) is 6.93. The van der Waals surface area contributed by atoms with Gasteiger partial charge in [-0.15, -0.1) is 0 Å². The third-order valence-corrected chi connectivity index (χ3v) is 3.67. The number of rotatable bonds is 3. The van der Waals surface area contributed by atoms with Gasteiger partial charge in [0.2, 0.25) is 0 Å². The number of hydrogen-bond acceptors (Lipinski definition) is 2. The Labute approximate surface area is 124 Å². The van der Waals surface area contributed by atoms with Crippen molar-refractivity contribution in [1.82, 2.24) is 14.6 Å². The van der Waals surface area contributed by atoms with E-state index < -0.39 is 0 Å². The number of hydrogen-bond donors (Lipinski definition) is 0. The van der Waals surface area contributed by atoms with Gasteiger partial charge in [0, 0.05) is 29.2 Å². The van der Waals surface area contributed by atoms with Crippen LogP contribution in [0, 0.1) is 6.92 Å². The molecule has 0 atom stereocenters. The van der Waals surface area contributed by atoms with E-state index >= 15 is 0 Å². The molecule has 0 fully saturated rings. The van der Waals surface area contributed by atoms with Crippen molar-refractivity contribution >= 4 is 17.2 Å². The van der Waals surface area contributed by atoms with Crippen LogP contribution < -0.4 is 0 Å². The van der Waals surface area contributed by atoms with Crippen LogP contribution in [0.3, 0.4) is 0 Å². The zero-order chi connectivity index (χ0) is 14.8. The van der Waals surface area contributed by atoms with Gasteiger partial charge in [-0.25, -0.2) is 4.52 Å². The molecule has 21 heavy (non-hydrogen) atoms. The van der Waals surface area contributed by atoms with E-state index in [9.17, 15) is 0 Å². The quantitative estimate of drug-likeness (QED) is 0.719. The van der Waals surface area contributed by atoms with Crippen molar-refractivity contribution in [2.24, 2.45) is 0 Å². The first-order chi connectivity index (χ1) is 10.2. The minimum absolute atomic E-state index is 1.03. The van der Waals surface area contributed by atoms with Crippen LogP contribution in [0.2, 0.25) is 0 Å². The van der Waals surface area contributed by atoms with E-state index in [1.807, 2.05) is 42.2 Å². The summed E-state index contributed by atoms with van der Waals surface area (Å²) in [4.78, 5) is 4.38. The Bertz CT molecular complexity index is 841. The van der Waals surface area contributed by atoms with Gasteiger partial charge < -0.3 is 0 Å². The minimum Gasteiger partial charge on any atom is -0.261 e. The van der Waals surface area contributed by atoms with E-state index in [2.05, 4.69) is 47.9 Å². The lowest BCUT2D eigenvalue weighted by atomic mass is 9.97. The molecule has 0 saturated carbocycles. The standard InChI is InChI=1S/C18H17N3/c1-4-14-12-20-21-10-8-15(11-18(14)21)16(5-2)17-7-6-9-19-13(17)3/h4-12H,1H2,2-3H3/b16-5-. The molecule has 3 heterocycles. The van der Waals surface area contributed by atoms with Crippen LogP contribution in [-0.2, 0) is 0 Å². The minimum atomic E-state index is 1.03. The van der Waals surface area contributed by atoms with Crippen molar-refractivity contribution in [2.75, 3.05) is 0 Å². The van der Waals surface area contributed by atoms with Gasteiger partial charge in [-0.2, -0.15) is 5.10 Å². The van der Waals surface area contributed by atoms with Crippen LogP contribution in [0.4, 0.5) is 0 Å². The largest absolute Gasteiger partial charge is 0.261 e. The maximum atomic E-state index is 4.38. The van der Waals surface area contributed by atoms with Gasteiger partial charge in [-0.05, 0) is 43.2 Å². The smallest absolute Gasteiger partial charge is 0.0739 e. The second-order valence-electron chi connectivity index (χ2n) is 4.89. The molecule has 104 valence electrons. The highest BCUT2D eigenvalue weighted by molar-refractivity contribution is 5.83. The molecule has 0 aromatic carbocycles. The summed E-state index contributed by atoms with van der Waals surface area (Å²) in [5.41, 5.74) is 6.62. The molecule has 0 bridgehead atoms. The van der Waals surface area contributed by atoms with Crippen molar-refractivity contribution in [3.63, 3.8) is 0 Å². The Morgan fingerprint density at radius 2 is 2.19 bits per heavy atom. The highest BCUT2D eigenvalue weighted by Gasteiger charge is 2.09. The fraction of sp³-hybridized carbons (Fsp3) is 0.111. The Morgan fingerprint density at radius 1 is 1.33 bits per heavy atom. The summed E-state index contributed by atoms with van der Waals surface area (Å²) in [6.45, 7) is 7.93. The first-order valence-electron chi connectivity index (χ1n) is 6.93. The highest BCUT2D eigenvalue weighted by Crippen LogP contribution is 2.26. The SMILES string of the molecule is C=Cc1cnn2ccc(/C(=C/C)c3cccnc3C)cc12. The number of nitrogens with zero attached hydrogens (tertiary/aromatic N) is 3. The Morgan fingerprint density at radius 3 is 2.90 bits per heavy atom. The average Bonchev–Trinajstić information content (AvgIpc) is 2.92. The lowest BCUT2D eigenvalue weighted by Crippen LogP contribution is -1.95. The second kappa shape index (κ2) is 5.37. The molecule has 3 nitrogen and oxygen atoms in total. The van der Waals surface area contributed by atoms with Crippen LogP contribution in [0.1, 0.15) is 29.3 Å². The third kappa shape index (κ3) is 2.27. The van der Waals surface area contributed by atoms with Gasteiger partial charge >= 0.3 is 0 Å². The highest BCUT2D eigenvalue weighted by atomic mass is 15.2. The molecule has 0 aliphatic rings. The molecule has 0 radical (unpaired) electrons. The van der Waals surface area contributed by atoms with E-state index in [4.69, 9.17) is 0 Å². The molecule has 0 aliphatic heterocycles. The molecule has 0 N–H and O–H groups in total. The lowest BCUT2D eigenvalue weighted by molar-refractivity contribution is 0.960. The molecule has 0 aliphatic carbocycles.